The van der Waals surface area contributed by atoms with Crippen LogP contribution in [0.5, 0.6) is 0 Å². The van der Waals surface area contributed by atoms with Crippen molar-refractivity contribution in [2.75, 3.05) is 19.8 Å². The lowest BCUT2D eigenvalue weighted by Crippen LogP contribution is -2.65. The van der Waals surface area contributed by atoms with Crippen molar-refractivity contribution in [1.82, 2.24) is 5.32 Å². The molecular formula is C79H137NO13. The fourth-order valence-electron chi connectivity index (χ4n) is 11.8. The standard InChI is InChI=1S/C79H137NO13/c1-3-5-7-9-11-13-15-17-19-21-23-25-27-29-31-33-34-35-37-39-41-43-45-47-49-51-53-55-57-59-61-63-71(84)80-67(66-90-78-76(89)74(87)77(70(65-82)92-78)93-79-75(88)73(86)72(85)69(64-81)91-79)68(83)62-60-58-56-54-52-50-48-46-44-42-40-38-36-32-30-28-26-24-22-20-18-16-14-12-10-8-6-4-2/h5,7,11,13,17,19,23,25,29,31,34-35,39,41,45,47,51,53,67-70,72-79,81-83,85-89H,3-4,6,8-10,12,14-16,18,20-22,24,26-28,30,32-33,36-38,40,42-44,46,48-50,52,54-66H2,1-2H3,(H,80,84)/b7-5-,13-11-,19-17-,25-23-,31-29-,35-34-,41-39-,47-45-,53-51-. The average Bonchev–Trinajstić information content (AvgIpc) is 0.851. The summed E-state index contributed by atoms with van der Waals surface area (Å²) in [4.78, 5) is 13.4. The number of carbonyl (C=O) groups excluding carboxylic acids is 1. The van der Waals surface area contributed by atoms with Gasteiger partial charge >= 0.3 is 0 Å². The Bertz CT molecular complexity index is 1980. The minimum Gasteiger partial charge on any atom is -0.394 e. The number of hydrogen-bond donors (Lipinski definition) is 9. The molecule has 12 atom stereocenters. The summed E-state index contributed by atoms with van der Waals surface area (Å²) in [6.45, 7) is 2.75. The maximum Gasteiger partial charge on any atom is 0.220 e. The van der Waals surface area contributed by atoms with Crippen LogP contribution in [0.3, 0.4) is 0 Å². The lowest BCUT2D eigenvalue weighted by Gasteiger charge is -2.46. The molecule has 0 spiro atoms. The van der Waals surface area contributed by atoms with Gasteiger partial charge in [-0.05, 0) is 83.5 Å². The van der Waals surface area contributed by atoms with Gasteiger partial charge in [0, 0.05) is 6.42 Å². The van der Waals surface area contributed by atoms with Crippen LogP contribution in [-0.4, -0.2) is 140 Å². The van der Waals surface area contributed by atoms with Crippen LogP contribution in [0.15, 0.2) is 109 Å². The number of rotatable bonds is 61. The molecule has 93 heavy (non-hydrogen) atoms. The van der Waals surface area contributed by atoms with Crippen molar-refractivity contribution in [3.63, 3.8) is 0 Å². The quantitative estimate of drug-likeness (QED) is 0.0204. The van der Waals surface area contributed by atoms with Crippen LogP contribution in [0.4, 0.5) is 0 Å². The minimum atomic E-state index is -1.79. The summed E-state index contributed by atoms with van der Waals surface area (Å²) in [5, 5.41) is 87.7. The van der Waals surface area contributed by atoms with Gasteiger partial charge in [0.2, 0.25) is 5.91 Å². The minimum absolute atomic E-state index is 0.239. The number of ether oxygens (including phenoxy) is 4. The molecule has 2 fully saturated rings. The van der Waals surface area contributed by atoms with E-state index >= 15 is 0 Å². The van der Waals surface area contributed by atoms with Crippen LogP contribution in [-0.2, 0) is 23.7 Å². The lowest BCUT2D eigenvalue weighted by atomic mass is 9.97. The molecule has 14 heteroatoms. The van der Waals surface area contributed by atoms with E-state index < -0.39 is 86.8 Å². The van der Waals surface area contributed by atoms with Gasteiger partial charge in [-0.3, -0.25) is 4.79 Å². The SMILES string of the molecule is CC/C=C\C/C=C\C/C=C\C/C=C\C/C=C\C/C=C\C/C=C\C/C=C\C/C=C\CCCCCC(=O)NC(COC1OC(CO)C(OC2OC(CO)C(O)C(O)C2O)C(O)C1O)C(O)CCCCCCCCCCCCCCCCCCCCCCCCCCCCCC. The highest BCUT2D eigenvalue weighted by molar-refractivity contribution is 5.76. The van der Waals surface area contributed by atoms with Gasteiger partial charge in [-0.2, -0.15) is 0 Å². The van der Waals surface area contributed by atoms with Crippen molar-refractivity contribution in [1.29, 1.82) is 0 Å². The second kappa shape index (κ2) is 62.2. The zero-order valence-electron chi connectivity index (χ0n) is 58.5. The summed E-state index contributed by atoms with van der Waals surface area (Å²) in [5.41, 5.74) is 0. The third-order valence-electron chi connectivity index (χ3n) is 17.8. The Kier molecular flexibility index (Phi) is 57.3. The van der Waals surface area contributed by atoms with E-state index in [9.17, 15) is 45.6 Å². The van der Waals surface area contributed by atoms with Crippen molar-refractivity contribution in [2.24, 2.45) is 0 Å². The van der Waals surface area contributed by atoms with Gasteiger partial charge in [-0.1, -0.05) is 309 Å². The Balaban J connectivity index is 1.68. The summed E-state index contributed by atoms with van der Waals surface area (Å²) >= 11 is 0. The average molecular weight is 1310 g/mol. The van der Waals surface area contributed by atoms with Gasteiger partial charge in [-0.25, -0.2) is 0 Å². The first-order chi connectivity index (χ1) is 45.6. The molecule has 0 aromatic rings. The van der Waals surface area contributed by atoms with E-state index in [4.69, 9.17) is 18.9 Å². The van der Waals surface area contributed by atoms with Gasteiger partial charge in [0.05, 0.1) is 32.0 Å². The van der Waals surface area contributed by atoms with Crippen LogP contribution in [0.2, 0.25) is 0 Å². The van der Waals surface area contributed by atoms with Crippen LogP contribution in [0.1, 0.15) is 290 Å². The monoisotopic (exact) mass is 1310 g/mol. The summed E-state index contributed by atoms with van der Waals surface area (Å²) in [5.74, 6) is -0.239. The van der Waals surface area contributed by atoms with E-state index in [0.717, 1.165) is 103 Å². The van der Waals surface area contributed by atoms with Gasteiger partial charge in [0.15, 0.2) is 12.6 Å². The fraction of sp³-hybridized carbons (Fsp3) is 0.759. The third-order valence-corrected chi connectivity index (χ3v) is 17.8. The van der Waals surface area contributed by atoms with E-state index in [1.54, 1.807) is 0 Å². The maximum absolute atomic E-state index is 13.4. The van der Waals surface area contributed by atoms with Crippen molar-refractivity contribution in [3.8, 4) is 0 Å². The Morgan fingerprint density at radius 2 is 0.742 bits per heavy atom. The highest BCUT2D eigenvalue weighted by Crippen LogP contribution is 2.30. The number of hydrogen-bond acceptors (Lipinski definition) is 13. The predicted molar refractivity (Wildman–Crippen MR) is 382 cm³/mol. The van der Waals surface area contributed by atoms with Gasteiger partial charge in [-0.15, -0.1) is 0 Å². The fourth-order valence-corrected chi connectivity index (χ4v) is 11.8. The Labute approximate surface area is 566 Å². The molecule has 0 radical (unpaired) electrons. The molecule has 2 aliphatic heterocycles. The normalized spacial score (nSPS) is 23.2. The van der Waals surface area contributed by atoms with Crippen molar-refractivity contribution < 1.29 is 64.6 Å². The first-order valence-electron chi connectivity index (χ1n) is 37.6. The van der Waals surface area contributed by atoms with Crippen molar-refractivity contribution >= 4 is 5.91 Å². The number of nitrogens with one attached hydrogen (secondary N) is 1. The molecule has 12 unspecified atom stereocenters. The Hall–Kier alpha value is -3.35. The molecule has 2 aliphatic rings. The number of allylic oxidation sites excluding steroid dienone is 18. The Morgan fingerprint density at radius 3 is 1.13 bits per heavy atom. The van der Waals surface area contributed by atoms with E-state index in [-0.39, 0.29) is 18.9 Å². The largest absolute Gasteiger partial charge is 0.394 e. The Morgan fingerprint density at radius 1 is 0.398 bits per heavy atom. The number of aliphatic hydroxyl groups is 8. The van der Waals surface area contributed by atoms with Crippen LogP contribution >= 0.6 is 0 Å². The molecule has 9 N–H and O–H groups in total. The molecule has 2 rings (SSSR count). The topological polar surface area (TPSA) is 228 Å². The molecular weight excluding hydrogens is 1170 g/mol. The second-order valence-corrected chi connectivity index (χ2v) is 26.0. The molecule has 0 saturated carbocycles. The lowest BCUT2D eigenvalue weighted by molar-refractivity contribution is -0.359. The summed E-state index contributed by atoms with van der Waals surface area (Å²) < 4.78 is 22.9. The molecule has 536 valence electrons. The van der Waals surface area contributed by atoms with Crippen LogP contribution < -0.4 is 5.32 Å². The van der Waals surface area contributed by atoms with Gasteiger partial charge < -0.3 is 65.1 Å². The maximum atomic E-state index is 13.4. The van der Waals surface area contributed by atoms with E-state index in [0.29, 0.717) is 12.8 Å². The van der Waals surface area contributed by atoms with E-state index in [1.165, 1.54) is 154 Å². The van der Waals surface area contributed by atoms with Crippen molar-refractivity contribution in [2.45, 2.75) is 364 Å². The molecule has 0 bridgehead atoms. The summed E-state index contributed by atoms with van der Waals surface area (Å²) in [7, 11) is 0. The number of aliphatic hydroxyl groups excluding tert-OH is 8. The molecule has 2 saturated heterocycles. The van der Waals surface area contributed by atoms with E-state index in [2.05, 4.69) is 129 Å². The summed E-state index contributed by atoms with van der Waals surface area (Å²) in [6, 6.07) is -0.857. The second-order valence-electron chi connectivity index (χ2n) is 26.0. The first-order valence-corrected chi connectivity index (χ1v) is 37.6. The molecule has 14 nitrogen and oxygen atoms in total. The van der Waals surface area contributed by atoms with Crippen LogP contribution in [0.25, 0.3) is 0 Å². The highest BCUT2D eigenvalue weighted by Gasteiger charge is 2.51. The number of unbranched alkanes of at least 4 members (excludes halogenated alkanes) is 30. The summed E-state index contributed by atoms with van der Waals surface area (Å²) in [6.07, 6.45) is 72.5. The molecule has 0 aliphatic carbocycles. The van der Waals surface area contributed by atoms with E-state index in [1.807, 2.05) is 0 Å². The molecule has 0 aromatic carbocycles. The number of carbonyl (C=O) groups is 1. The third kappa shape index (κ3) is 45.7. The molecule has 0 aromatic heterocycles. The first kappa shape index (κ1) is 85.7. The highest BCUT2D eigenvalue weighted by atomic mass is 16.7. The number of amides is 1. The van der Waals surface area contributed by atoms with Gasteiger partial charge in [0.1, 0.15) is 48.8 Å². The molecule has 2 heterocycles. The zero-order valence-corrected chi connectivity index (χ0v) is 58.5. The van der Waals surface area contributed by atoms with Gasteiger partial charge in [0.25, 0.3) is 0 Å². The van der Waals surface area contributed by atoms with Crippen molar-refractivity contribution in [3.05, 3.63) is 109 Å². The zero-order chi connectivity index (χ0) is 67.3. The molecule has 1 amide bonds. The van der Waals surface area contributed by atoms with Crippen LogP contribution in [0, 0.1) is 0 Å². The predicted octanol–water partition coefficient (Wildman–Crippen LogP) is 16.3. The smallest absolute Gasteiger partial charge is 0.220 e.